The van der Waals surface area contributed by atoms with Crippen molar-refractivity contribution in [2.24, 2.45) is 5.11 Å². The molecule has 1 fully saturated rings. The minimum atomic E-state index is -0.732. The summed E-state index contributed by atoms with van der Waals surface area (Å²) in [5.74, 6) is -0.732. The maximum Gasteiger partial charge on any atom is 0.340 e. The van der Waals surface area contributed by atoms with Crippen LogP contribution in [0, 0.1) is 11.3 Å². The number of carbonyl (C=O) groups is 1. The highest BCUT2D eigenvalue weighted by Gasteiger charge is 2.45. The van der Waals surface area contributed by atoms with E-state index in [-0.39, 0.29) is 5.70 Å². The van der Waals surface area contributed by atoms with Gasteiger partial charge in [0.25, 0.3) is 0 Å². The van der Waals surface area contributed by atoms with E-state index in [2.05, 4.69) is 25.8 Å². The van der Waals surface area contributed by atoms with Crippen LogP contribution >= 0.6 is 0 Å². The first-order chi connectivity index (χ1) is 9.65. The number of pyridine rings is 1. The van der Waals surface area contributed by atoms with Crippen molar-refractivity contribution in [3.8, 4) is 6.07 Å². The Morgan fingerprint density at radius 1 is 1.65 bits per heavy atom. The molecule has 0 saturated heterocycles. The van der Waals surface area contributed by atoms with E-state index in [1.807, 2.05) is 0 Å². The molecule has 0 bridgehead atoms. The van der Waals surface area contributed by atoms with Gasteiger partial charge in [0.15, 0.2) is 0 Å². The number of ether oxygens (including phenoxy) is 1. The summed E-state index contributed by atoms with van der Waals surface area (Å²) >= 11 is 0. The van der Waals surface area contributed by atoms with Gasteiger partial charge in [0.2, 0.25) is 0 Å². The predicted molar refractivity (Wildman–Crippen MR) is 69.9 cm³/mol. The Bertz CT molecular complexity index is 646. The van der Waals surface area contributed by atoms with Gasteiger partial charge in [-0.05, 0) is 36.1 Å². The van der Waals surface area contributed by atoms with Crippen LogP contribution in [-0.2, 0) is 14.9 Å². The number of methoxy groups -OCH3 is 1. The van der Waals surface area contributed by atoms with Crippen molar-refractivity contribution in [1.82, 2.24) is 4.98 Å². The molecule has 1 heterocycles. The smallest absolute Gasteiger partial charge is 0.340 e. The molecule has 1 aromatic rings. The molecule has 0 spiro atoms. The van der Waals surface area contributed by atoms with Crippen molar-refractivity contribution >= 4 is 12.0 Å². The zero-order valence-corrected chi connectivity index (χ0v) is 10.8. The maximum absolute atomic E-state index is 11.4. The Morgan fingerprint density at radius 2 is 2.40 bits per heavy atom. The molecule has 100 valence electrons. The normalized spacial score (nSPS) is 15.7. The minimum absolute atomic E-state index is 0.170. The van der Waals surface area contributed by atoms with E-state index in [4.69, 9.17) is 10.8 Å². The van der Waals surface area contributed by atoms with Crippen LogP contribution in [0.25, 0.3) is 16.5 Å². The average Bonchev–Trinajstić information content (AvgIpc) is 3.28. The molecule has 7 heteroatoms. The maximum atomic E-state index is 11.4. The Hall–Kier alpha value is -2.84. The third-order valence-electron chi connectivity index (χ3n) is 3.13. The highest BCUT2D eigenvalue weighted by Crippen LogP contribution is 2.47. The summed E-state index contributed by atoms with van der Waals surface area (Å²) in [6, 6.07) is 5.74. The second-order valence-electron chi connectivity index (χ2n) is 4.38. The molecule has 1 aliphatic carbocycles. The summed E-state index contributed by atoms with van der Waals surface area (Å²) in [5.41, 5.74) is 9.15. The monoisotopic (exact) mass is 269 g/mol. The van der Waals surface area contributed by atoms with E-state index >= 15 is 0 Å². The molecule has 0 aromatic carbocycles. The van der Waals surface area contributed by atoms with Gasteiger partial charge in [-0.15, -0.1) is 0 Å². The fraction of sp³-hybridized carbons (Fsp3) is 0.308. The number of carbonyl (C=O) groups excluding carboxylic acids is 1. The molecule has 0 atom stereocenters. The Kier molecular flexibility index (Phi) is 3.69. The summed E-state index contributed by atoms with van der Waals surface area (Å²) in [5, 5.41) is 12.4. The van der Waals surface area contributed by atoms with Gasteiger partial charge in [-0.1, -0.05) is 11.2 Å². The minimum Gasteiger partial charge on any atom is -0.466 e. The third-order valence-corrected chi connectivity index (χ3v) is 3.13. The molecule has 2 rings (SSSR count). The number of rotatable bonds is 4. The second-order valence-corrected chi connectivity index (χ2v) is 4.38. The highest BCUT2D eigenvalue weighted by atomic mass is 16.5. The first kappa shape index (κ1) is 13.6. The molecule has 7 nitrogen and oxygen atoms in total. The first-order valence-electron chi connectivity index (χ1n) is 5.88. The van der Waals surface area contributed by atoms with Gasteiger partial charge in [-0.3, -0.25) is 4.98 Å². The van der Waals surface area contributed by atoms with Gasteiger partial charge in [-0.2, -0.15) is 5.26 Å². The lowest BCUT2D eigenvalue weighted by atomic mass is 10.00. The average molecular weight is 269 g/mol. The van der Waals surface area contributed by atoms with E-state index in [0.29, 0.717) is 5.69 Å². The molecule has 1 aromatic heterocycles. The van der Waals surface area contributed by atoms with Crippen molar-refractivity contribution < 1.29 is 9.53 Å². The van der Waals surface area contributed by atoms with Crippen molar-refractivity contribution in [3.05, 3.63) is 45.7 Å². The van der Waals surface area contributed by atoms with Crippen LogP contribution < -0.4 is 0 Å². The van der Waals surface area contributed by atoms with Crippen LogP contribution in [0.15, 0.2) is 29.1 Å². The van der Waals surface area contributed by atoms with Gasteiger partial charge in [-0.25, -0.2) is 4.79 Å². The molecule has 0 N–H and O–H groups in total. The molecule has 0 amide bonds. The largest absolute Gasteiger partial charge is 0.466 e. The molecule has 0 aliphatic heterocycles. The fourth-order valence-electron chi connectivity index (χ4n) is 1.79. The quantitative estimate of drug-likeness (QED) is 0.274. The zero-order chi connectivity index (χ0) is 14.6. The topological polar surface area (TPSA) is 112 Å². The molecular weight excluding hydrogens is 258 g/mol. The molecule has 20 heavy (non-hydrogen) atoms. The van der Waals surface area contributed by atoms with E-state index in [1.165, 1.54) is 13.2 Å². The number of nitrogens with zero attached hydrogens (tertiary/aromatic N) is 5. The van der Waals surface area contributed by atoms with Crippen LogP contribution in [0.2, 0.25) is 0 Å². The summed E-state index contributed by atoms with van der Waals surface area (Å²) in [4.78, 5) is 18.1. The van der Waals surface area contributed by atoms with Gasteiger partial charge < -0.3 is 4.74 Å². The second kappa shape index (κ2) is 5.43. The lowest BCUT2D eigenvalue weighted by Gasteiger charge is -2.05. The van der Waals surface area contributed by atoms with Gasteiger partial charge in [0.1, 0.15) is 5.70 Å². The standard InChI is InChI=1S/C13H11N5O2/c1-20-12(19)11(17-18-15)6-10-3-2-9(7-16-10)13(8-14)4-5-13/h2-3,6-7H,4-5H2,1H3/b11-6+. The Labute approximate surface area is 115 Å². The molecule has 0 unspecified atom stereocenters. The van der Waals surface area contributed by atoms with Crippen LogP contribution in [-0.4, -0.2) is 18.1 Å². The molecule has 1 aliphatic rings. The molecule has 1 saturated carbocycles. The van der Waals surface area contributed by atoms with Crippen molar-refractivity contribution in [3.63, 3.8) is 0 Å². The van der Waals surface area contributed by atoms with Crippen LogP contribution in [0.4, 0.5) is 0 Å². The van der Waals surface area contributed by atoms with E-state index in [9.17, 15) is 4.79 Å². The van der Waals surface area contributed by atoms with Gasteiger partial charge in [0, 0.05) is 11.1 Å². The summed E-state index contributed by atoms with van der Waals surface area (Å²) in [6.45, 7) is 0. The van der Waals surface area contributed by atoms with Gasteiger partial charge >= 0.3 is 5.97 Å². The third kappa shape index (κ3) is 2.60. The number of azide groups is 1. The summed E-state index contributed by atoms with van der Waals surface area (Å²) < 4.78 is 4.50. The lowest BCUT2D eigenvalue weighted by Crippen LogP contribution is -2.04. The molecule has 0 radical (unpaired) electrons. The fourth-order valence-corrected chi connectivity index (χ4v) is 1.79. The van der Waals surface area contributed by atoms with E-state index < -0.39 is 11.4 Å². The van der Waals surface area contributed by atoms with Crippen molar-refractivity contribution in [1.29, 1.82) is 5.26 Å². The highest BCUT2D eigenvalue weighted by molar-refractivity contribution is 5.92. The SMILES string of the molecule is COC(=O)/C(=C\c1ccc(C2(C#N)CC2)cn1)N=[N+]=[N-]. The van der Waals surface area contributed by atoms with Crippen LogP contribution in [0.1, 0.15) is 24.1 Å². The number of hydrogen-bond acceptors (Lipinski definition) is 5. The number of nitriles is 1. The number of esters is 1. The van der Waals surface area contributed by atoms with Crippen molar-refractivity contribution in [2.45, 2.75) is 18.3 Å². The number of aromatic nitrogens is 1. The van der Waals surface area contributed by atoms with Crippen molar-refractivity contribution in [2.75, 3.05) is 7.11 Å². The van der Waals surface area contributed by atoms with Crippen LogP contribution in [0.5, 0.6) is 0 Å². The summed E-state index contributed by atoms with van der Waals surface area (Å²) in [6.07, 6.45) is 4.62. The predicted octanol–water partition coefficient (Wildman–Crippen LogP) is 2.46. The van der Waals surface area contributed by atoms with Gasteiger partial charge in [0.05, 0.1) is 24.3 Å². The molecular formula is C13H11N5O2. The zero-order valence-electron chi connectivity index (χ0n) is 10.8. The Morgan fingerprint density at radius 3 is 2.85 bits per heavy atom. The van der Waals surface area contributed by atoms with E-state index in [0.717, 1.165) is 18.4 Å². The Balaban J connectivity index is 2.28. The van der Waals surface area contributed by atoms with Crippen LogP contribution in [0.3, 0.4) is 0 Å². The summed E-state index contributed by atoms with van der Waals surface area (Å²) in [7, 11) is 1.20. The lowest BCUT2D eigenvalue weighted by molar-refractivity contribution is -0.136. The van der Waals surface area contributed by atoms with E-state index in [1.54, 1.807) is 18.3 Å². The first-order valence-corrected chi connectivity index (χ1v) is 5.88. The number of hydrogen-bond donors (Lipinski definition) is 0.